The Labute approximate surface area is 205 Å². The maximum atomic E-state index is 12.4. The first kappa shape index (κ1) is 23.6. The minimum absolute atomic E-state index is 0.0217. The van der Waals surface area contributed by atoms with Crippen molar-refractivity contribution in [3.05, 3.63) is 58.8 Å². The van der Waals surface area contributed by atoms with Gasteiger partial charge in [-0.15, -0.1) is 0 Å². The van der Waals surface area contributed by atoms with Crippen molar-refractivity contribution in [3.63, 3.8) is 0 Å². The van der Waals surface area contributed by atoms with Crippen LogP contribution in [0.5, 0.6) is 5.88 Å². The fourth-order valence-corrected chi connectivity index (χ4v) is 4.54. The normalized spacial score (nSPS) is 20.7. The lowest BCUT2D eigenvalue weighted by molar-refractivity contribution is -0.0190. The molecule has 184 valence electrons. The van der Waals surface area contributed by atoms with E-state index < -0.39 is 11.1 Å². The van der Waals surface area contributed by atoms with E-state index in [9.17, 15) is 4.79 Å². The molecule has 0 aromatic carbocycles. The van der Waals surface area contributed by atoms with Crippen molar-refractivity contribution in [2.45, 2.75) is 70.1 Å². The zero-order valence-electron chi connectivity index (χ0n) is 20.9. The molecule has 2 N–H and O–H groups in total. The van der Waals surface area contributed by atoms with Gasteiger partial charge >= 0.3 is 5.97 Å². The van der Waals surface area contributed by atoms with E-state index in [0.29, 0.717) is 24.5 Å². The number of ether oxygens (including phenoxy) is 3. The number of methoxy groups -OCH3 is 1. The average molecular weight is 477 g/mol. The van der Waals surface area contributed by atoms with Crippen LogP contribution in [-0.2, 0) is 21.4 Å². The third-order valence-electron chi connectivity index (χ3n) is 7.03. The van der Waals surface area contributed by atoms with Gasteiger partial charge in [-0.05, 0) is 57.2 Å². The van der Waals surface area contributed by atoms with E-state index >= 15 is 0 Å². The van der Waals surface area contributed by atoms with E-state index in [1.54, 1.807) is 19.4 Å². The minimum atomic E-state index is -0.734. The van der Waals surface area contributed by atoms with Gasteiger partial charge in [0.15, 0.2) is 0 Å². The van der Waals surface area contributed by atoms with Crippen LogP contribution in [0.3, 0.4) is 0 Å². The van der Waals surface area contributed by atoms with Gasteiger partial charge < -0.3 is 19.9 Å². The van der Waals surface area contributed by atoms with Crippen LogP contribution in [0, 0.1) is 0 Å². The molecule has 2 atom stereocenters. The summed E-state index contributed by atoms with van der Waals surface area (Å²) in [6.07, 6.45) is 6.41. The molecule has 35 heavy (non-hydrogen) atoms. The predicted molar refractivity (Wildman–Crippen MR) is 132 cm³/mol. The maximum Gasteiger partial charge on any atom is 0.340 e. The zero-order valence-corrected chi connectivity index (χ0v) is 20.9. The second-order valence-corrected chi connectivity index (χ2v) is 10.5. The van der Waals surface area contributed by atoms with Gasteiger partial charge in [0.05, 0.1) is 28.8 Å². The van der Waals surface area contributed by atoms with E-state index in [0.717, 1.165) is 46.3 Å². The number of cyclic esters (lactones) is 1. The van der Waals surface area contributed by atoms with Gasteiger partial charge in [-0.2, -0.15) is 0 Å². The van der Waals surface area contributed by atoms with E-state index in [2.05, 4.69) is 4.98 Å². The SMILES string of the molecule is COC[C@@](C)(N)c1cnc(OC2CC2)c2cnc(Cc3ccc4c(n3)[C@@H](C)C(C)(C)OC4=O)cc12. The highest BCUT2D eigenvalue weighted by atomic mass is 16.6. The number of pyridine rings is 3. The average Bonchev–Trinajstić information content (AvgIpc) is 3.61. The number of rotatable bonds is 7. The highest BCUT2D eigenvalue weighted by Crippen LogP contribution is 2.38. The number of carbonyl (C=O) groups is 1. The monoisotopic (exact) mass is 476 g/mol. The first-order valence-electron chi connectivity index (χ1n) is 12.0. The number of nitrogens with zero attached hydrogens (tertiary/aromatic N) is 3. The summed E-state index contributed by atoms with van der Waals surface area (Å²) in [6.45, 7) is 8.15. The summed E-state index contributed by atoms with van der Waals surface area (Å²) in [7, 11) is 1.64. The van der Waals surface area contributed by atoms with Crippen molar-refractivity contribution in [1.82, 2.24) is 15.0 Å². The second kappa shape index (κ2) is 8.53. The first-order chi connectivity index (χ1) is 16.6. The molecule has 0 amide bonds. The van der Waals surface area contributed by atoms with Gasteiger partial charge in [0.1, 0.15) is 11.7 Å². The second-order valence-electron chi connectivity index (χ2n) is 10.5. The van der Waals surface area contributed by atoms with Crippen molar-refractivity contribution in [1.29, 1.82) is 0 Å². The Morgan fingerprint density at radius 3 is 2.66 bits per heavy atom. The maximum absolute atomic E-state index is 12.4. The van der Waals surface area contributed by atoms with Crippen LogP contribution in [0.25, 0.3) is 10.8 Å². The van der Waals surface area contributed by atoms with Crippen molar-refractivity contribution in [3.8, 4) is 5.88 Å². The van der Waals surface area contributed by atoms with Gasteiger partial charge in [-0.3, -0.25) is 9.97 Å². The van der Waals surface area contributed by atoms with Gasteiger partial charge in [0.25, 0.3) is 0 Å². The number of hydrogen-bond donors (Lipinski definition) is 1. The lowest BCUT2D eigenvalue weighted by Gasteiger charge is -2.36. The van der Waals surface area contributed by atoms with Gasteiger partial charge in [-0.1, -0.05) is 6.92 Å². The molecule has 4 heterocycles. The van der Waals surface area contributed by atoms with Crippen LogP contribution in [0.4, 0.5) is 0 Å². The molecule has 0 saturated heterocycles. The third kappa shape index (κ3) is 4.48. The summed E-state index contributed by atoms with van der Waals surface area (Å²) in [5.41, 5.74) is 9.14. The molecule has 8 heteroatoms. The number of fused-ring (bicyclic) bond motifs is 2. The fraction of sp³-hybridized carbons (Fsp3) is 0.481. The van der Waals surface area contributed by atoms with Crippen LogP contribution in [0.1, 0.15) is 79.5 Å². The summed E-state index contributed by atoms with van der Waals surface area (Å²) < 4.78 is 17.0. The van der Waals surface area contributed by atoms with Crippen LogP contribution in [-0.4, -0.2) is 46.3 Å². The van der Waals surface area contributed by atoms with Gasteiger partial charge in [0.2, 0.25) is 5.88 Å². The van der Waals surface area contributed by atoms with Crippen molar-refractivity contribution in [2.75, 3.05) is 13.7 Å². The lowest BCUT2D eigenvalue weighted by Crippen LogP contribution is -2.39. The first-order valence-corrected chi connectivity index (χ1v) is 12.0. The Hall–Kier alpha value is -3.10. The van der Waals surface area contributed by atoms with Crippen LogP contribution >= 0.6 is 0 Å². The molecule has 3 aromatic rings. The Morgan fingerprint density at radius 1 is 1.17 bits per heavy atom. The van der Waals surface area contributed by atoms with Crippen molar-refractivity contribution >= 4 is 16.7 Å². The zero-order chi connectivity index (χ0) is 25.0. The number of hydrogen-bond acceptors (Lipinski definition) is 8. The summed E-state index contributed by atoms with van der Waals surface area (Å²) in [4.78, 5) is 26.6. The molecule has 0 bridgehead atoms. The van der Waals surface area contributed by atoms with Crippen LogP contribution in [0.15, 0.2) is 30.6 Å². The van der Waals surface area contributed by atoms with E-state index in [1.165, 1.54) is 0 Å². The third-order valence-corrected chi connectivity index (χ3v) is 7.03. The predicted octanol–water partition coefficient (Wildman–Crippen LogP) is 4.03. The minimum Gasteiger partial charge on any atom is -0.474 e. The summed E-state index contributed by atoms with van der Waals surface area (Å²) >= 11 is 0. The molecule has 1 aliphatic carbocycles. The molecule has 0 unspecified atom stereocenters. The lowest BCUT2D eigenvalue weighted by atomic mass is 9.84. The molecule has 1 aliphatic heterocycles. The van der Waals surface area contributed by atoms with E-state index in [1.807, 2.05) is 46.0 Å². The number of esters is 1. The molecule has 0 radical (unpaired) electrons. The Kier molecular flexibility index (Phi) is 5.76. The summed E-state index contributed by atoms with van der Waals surface area (Å²) in [5, 5.41) is 1.78. The Morgan fingerprint density at radius 2 is 1.94 bits per heavy atom. The highest BCUT2D eigenvalue weighted by Gasteiger charge is 2.40. The fourth-order valence-electron chi connectivity index (χ4n) is 4.54. The summed E-state index contributed by atoms with van der Waals surface area (Å²) in [5.74, 6) is 0.234. The number of nitrogens with two attached hydrogens (primary N) is 1. The van der Waals surface area contributed by atoms with Crippen LogP contribution in [0.2, 0.25) is 0 Å². The Balaban J connectivity index is 1.54. The van der Waals surface area contributed by atoms with E-state index in [4.69, 9.17) is 29.9 Å². The van der Waals surface area contributed by atoms with Gasteiger partial charge in [0, 0.05) is 48.8 Å². The molecule has 1 saturated carbocycles. The molecule has 1 fully saturated rings. The molecule has 2 aliphatic rings. The van der Waals surface area contributed by atoms with Gasteiger partial charge in [-0.25, -0.2) is 9.78 Å². The number of aromatic nitrogens is 3. The molecule has 8 nitrogen and oxygen atoms in total. The topological polar surface area (TPSA) is 109 Å². The van der Waals surface area contributed by atoms with Crippen molar-refractivity contribution < 1.29 is 19.0 Å². The van der Waals surface area contributed by atoms with Crippen molar-refractivity contribution in [2.24, 2.45) is 5.73 Å². The summed E-state index contributed by atoms with van der Waals surface area (Å²) in [6, 6.07) is 5.71. The number of carbonyl (C=O) groups excluding carboxylic acids is 1. The molecule has 5 rings (SSSR count). The molecular weight excluding hydrogens is 444 g/mol. The smallest absolute Gasteiger partial charge is 0.340 e. The van der Waals surface area contributed by atoms with E-state index in [-0.39, 0.29) is 18.0 Å². The standard InChI is InChI=1S/C27H32N4O4/c1-15-23-19(25(32)35-26(15,2)3)9-6-16(31-23)10-17-11-20-21(12-29-17)24(34-18-7-8-18)30-13-22(20)27(4,28)14-33-5/h6,9,11-13,15,18H,7-8,10,14,28H2,1-5H3/t15-,27-/m1/s1. The molecule has 3 aromatic heterocycles. The quantitative estimate of drug-likeness (QED) is 0.509. The van der Waals surface area contributed by atoms with Crippen LogP contribution < -0.4 is 10.5 Å². The Bertz CT molecular complexity index is 1300. The molecule has 0 spiro atoms. The highest BCUT2D eigenvalue weighted by molar-refractivity contribution is 5.92. The molecular formula is C27H32N4O4. The largest absolute Gasteiger partial charge is 0.474 e.